The number of amides is 1. The number of phenols is 1. The molecule has 10 heteroatoms. The van der Waals surface area contributed by atoms with Gasteiger partial charge in [0.2, 0.25) is 0 Å². The number of nitro groups is 1. The molecule has 0 saturated carbocycles. The van der Waals surface area contributed by atoms with Crippen molar-refractivity contribution in [3.8, 4) is 5.75 Å². The standard InChI is InChI=1S/C18H14N2O7S/c1-10-5-7-14(20(23)24)12(9-10)18(22)19-13-4-2-3-11-6-8-15(28(25,26)27)17(21)16(11)13/h2-9,21H,1H3,(H,19,22)(H,25,26,27). The maximum absolute atomic E-state index is 12.7. The molecule has 0 aliphatic rings. The highest BCUT2D eigenvalue weighted by Crippen LogP contribution is 2.37. The Hall–Kier alpha value is -3.50. The molecule has 9 nitrogen and oxygen atoms in total. The molecule has 3 rings (SSSR count). The first-order valence-corrected chi connectivity index (χ1v) is 9.32. The Labute approximate surface area is 159 Å². The van der Waals surface area contributed by atoms with Crippen LogP contribution in [0.5, 0.6) is 5.75 Å². The number of benzene rings is 3. The predicted molar refractivity (Wildman–Crippen MR) is 101 cm³/mol. The van der Waals surface area contributed by atoms with E-state index in [0.29, 0.717) is 10.9 Å². The molecule has 0 aliphatic carbocycles. The number of phenolic OH excluding ortho intramolecular Hbond substituents is 1. The molecule has 0 aromatic heterocycles. The van der Waals surface area contributed by atoms with Crippen molar-refractivity contribution in [2.24, 2.45) is 0 Å². The van der Waals surface area contributed by atoms with Crippen molar-refractivity contribution in [3.63, 3.8) is 0 Å². The molecule has 3 aromatic carbocycles. The van der Waals surface area contributed by atoms with Crippen LogP contribution >= 0.6 is 0 Å². The van der Waals surface area contributed by atoms with Crippen molar-refractivity contribution >= 4 is 38.2 Å². The SMILES string of the molecule is Cc1ccc([N+](=O)[O-])c(C(=O)Nc2cccc3ccc(S(=O)(=O)O)c(O)c23)c1. The lowest BCUT2D eigenvalue weighted by molar-refractivity contribution is -0.385. The van der Waals surface area contributed by atoms with Gasteiger partial charge in [-0.2, -0.15) is 8.42 Å². The van der Waals surface area contributed by atoms with E-state index in [2.05, 4.69) is 5.32 Å². The number of carbonyl (C=O) groups is 1. The first-order valence-electron chi connectivity index (χ1n) is 7.88. The molecule has 144 valence electrons. The fraction of sp³-hybridized carbons (Fsp3) is 0.0556. The number of fused-ring (bicyclic) bond motifs is 1. The van der Waals surface area contributed by atoms with Gasteiger partial charge in [-0.15, -0.1) is 0 Å². The lowest BCUT2D eigenvalue weighted by atomic mass is 10.1. The number of nitrogens with one attached hydrogen (secondary N) is 1. The van der Waals surface area contributed by atoms with Crippen LogP contribution in [0.15, 0.2) is 53.4 Å². The average Bonchev–Trinajstić information content (AvgIpc) is 2.60. The Morgan fingerprint density at radius 3 is 2.50 bits per heavy atom. The van der Waals surface area contributed by atoms with Crippen LogP contribution in [0.2, 0.25) is 0 Å². The second-order valence-electron chi connectivity index (χ2n) is 6.02. The van der Waals surface area contributed by atoms with Crippen LogP contribution in [-0.2, 0) is 10.1 Å². The van der Waals surface area contributed by atoms with Crippen molar-refractivity contribution in [1.29, 1.82) is 0 Å². The number of anilines is 1. The minimum atomic E-state index is -4.70. The third-order valence-corrected chi connectivity index (χ3v) is 4.99. The van der Waals surface area contributed by atoms with Gasteiger partial charge >= 0.3 is 0 Å². The van der Waals surface area contributed by atoms with Crippen LogP contribution in [0, 0.1) is 17.0 Å². The Bertz CT molecular complexity index is 1240. The lowest BCUT2D eigenvalue weighted by Crippen LogP contribution is -2.14. The molecule has 3 aromatic rings. The number of rotatable bonds is 4. The number of aryl methyl sites for hydroxylation is 1. The van der Waals surface area contributed by atoms with Gasteiger partial charge in [-0.05, 0) is 36.1 Å². The molecule has 28 heavy (non-hydrogen) atoms. The van der Waals surface area contributed by atoms with E-state index < -0.39 is 37.3 Å². The molecule has 0 bridgehead atoms. The van der Waals surface area contributed by atoms with E-state index in [0.717, 1.165) is 6.07 Å². The zero-order valence-corrected chi connectivity index (χ0v) is 15.2. The van der Waals surface area contributed by atoms with Crippen molar-refractivity contribution in [2.75, 3.05) is 5.32 Å². The van der Waals surface area contributed by atoms with Crippen LogP contribution < -0.4 is 5.32 Å². The maximum Gasteiger partial charge on any atom is 0.298 e. The molecule has 0 aliphatic heterocycles. The molecule has 1 amide bonds. The van der Waals surface area contributed by atoms with E-state index >= 15 is 0 Å². The second-order valence-corrected chi connectivity index (χ2v) is 7.41. The maximum atomic E-state index is 12.7. The van der Waals surface area contributed by atoms with Gasteiger partial charge in [-0.3, -0.25) is 19.5 Å². The molecule has 0 fully saturated rings. The number of carbonyl (C=O) groups excluding carboxylic acids is 1. The molecular weight excluding hydrogens is 388 g/mol. The van der Waals surface area contributed by atoms with E-state index in [9.17, 15) is 33.0 Å². The number of aromatic hydroxyl groups is 1. The summed E-state index contributed by atoms with van der Waals surface area (Å²) < 4.78 is 32.1. The van der Waals surface area contributed by atoms with Crippen molar-refractivity contribution < 1.29 is 27.8 Å². The zero-order valence-electron chi connectivity index (χ0n) is 14.4. The van der Waals surface area contributed by atoms with Crippen LogP contribution in [0.4, 0.5) is 11.4 Å². The van der Waals surface area contributed by atoms with Gasteiger partial charge in [0.15, 0.2) is 0 Å². The Kier molecular flexibility index (Phi) is 4.75. The van der Waals surface area contributed by atoms with Gasteiger partial charge in [0.25, 0.3) is 21.7 Å². The summed E-state index contributed by atoms with van der Waals surface area (Å²) in [6.45, 7) is 1.67. The minimum absolute atomic E-state index is 0.0266. The van der Waals surface area contributed by atoms with E-state index in [1.807, 2.05) is 0 Å². The van der Waals surface area contributed by atoms with E-state index in [-0.39, 0.29) is 16.6 Å². The summed E-state index contributed by atoms with van der Waals surface area (Å²) in [5, 5.41) is 24.4. The summed E-state index contributed by atoms with van der Waals surface area (Å²) in [7, 11) is -4.70. The summed E-state index contributed by atoms with van der Waals surface area (Å²) in [6.07, 6.45) is 0. The Morgan fingerprint density at radius 2 is 1.86 bits per heavy atom. The second kappa shape index (κ2) is 6.91. The lowest BCUT2D eigenvalue weighted by Gasteiger charge is -2.12. The predicted octanol–water partition coefficient (Wildman–Crippen LogP) is 3.26. The molecule has 3 N–H and O–H groups in total. The summed E-state index contributed by atoms with van der Waals surface area (Å²) in [5.41, 5.74) is 0.0742. The van der Waals surface area contributed by atoms with Crippen molar-refractivity contribution in [2.45, 2.75) is 11.8 Å². The first kappa shape index (κ1) is 19.3. The largest absolute Gasteiger partial charge is 0.506 e. The fourth-order valence-corrected chi connectivity index (χ4v) is 3.42. The Morgan fingerprint density at radius 1 is 1.14 bits per heavy atom. The number of hydrogen-bond acceptors (Lipinski definition) is 6. The van der Waals surface area contributed by atoms with Gasteiger partial charge in [0.1, 0.15) is 16.2 Å². The van der Waals surface area contributed by atoms with Gasteiger partial charge in [-0.25, -0.2) is 0 Å². The highest BCUT2D eigenvalue weighted by atomic mass is 32.2. The molecular formula is C18H14N2O7S. The third kappa shape index (κ3) is 3.50. The van der Waals surface area contributed by atoms with Crippen LogP contribution in [0.25, 0.3) is 10.8 Å². The molecule has 0 radical (unpaired) electrons. The number of nitro benzene ring substituents is 1. The molecule has 0 saturated heterocycles. The quantitative estimate of drug-likeness (QED) is 0.345. The smallest absolute Gasteiger partial charge is 0.298 e. The third-order valence-electron chi connectivity index (χ3n) is 4.10. The van der Waals surface area contributed by atoms with Crippen LogP contribution in [0.1, 0.15) is 15.9 Å². The fourth-order valence-electron chi connectivity index (χ4n) is 2.83. The highest BCUT2D eigenvalue weighted by molar-refractivity contribution is 7.86. The number of nitrogens with zero attached hydrogens (tertiary/aromatic N) is 1. The van der Waals surface area contributed by atoms with Gasteiger partial charge in [0, 0.05) is 11.5 Å². The van der Waals surface area contributed by atoms with Crippen LogP contribution in [-0.4, -0.2) is 28.9 Å². The molecule has 0 spiro atoms. The summed E-state index contributed by atoms with van der Waals surface area (Å²) >= 11 is 0. The van der Waals surface area contributed by atoms with E-state index in [4.69, 9.17) is 0 Å². The van der Waals surface area contributed by atoms with E-state index in [1.54, 1.807) is 19.1 Å². The topological polar surface area (TPSA) is 147 Å². The normalized spacial score (nSPS) is 11.4. The zero-order chi connectivity index (χ0) is 20.6. The average molecular weight is 402 g/mol. The Balaban J connectivity index is 2.15. The first-order chi connectivity index (χ1) is 13.1. The highest BCUT2D eigenvalue weighted by Gasteiger charge is 2.23. The monoisotopic (exact) mass is 402 g/mol. The number of hydrogen-bond donors (Lipinski definition) is 3. The molecule has 0 unspecified atom stereocenters. The van der Waals surface area contributed by atoms with Gasteiger partial charge in [-0.1, -0.05) is 24.3 Å². The van der Waals surface area contributed by atoms with Crippen LogP contribution in [0.3, 0.4) is 0 Å². The molecule has 0 atom stereocenters. The summed E-state index contributed by atoms with van der Waals surface area (Å²) in [6, 6.07) is 10.9. The summed E-state index contributed by atoms with van der Waals surface area (Å²) in [4.78, 5) is 22.5. The van der Waals surface area contributed by atoms with Crippen molar-refractivity contribution in [1.82, 2.24) is 0 Å². The minimum Gasteiger partial charge on any atom is -0.506 e. The van der Waals surface area contributed by atoms with Crippen molar-refractivity contribution in [3.05, 3.63) is 69.8 Å². The summed E-state index contributed by atoms with van der Waals surface area (Å²) in [5.74, 6) is -1.55. The van der Waals surface area contributed by atoms with Gasteiger partial charge in [0.05, 0.1) is 10.6 Å². The van der Waals surface area contributed by atoms with E-state index in [1.165, 1.54) is 30.3 Å². The van der Waals surface area contributed by atoms with Gasteiger partial charge < -0.3 is 10.4 Å². The molecule has 0 heterocycles.